The van der Waals surface area contributed by atoms with Crippen molar-refractivity contribution in [3.05, 3.63) is 169 Å². The third-order valence-corrected chi connectivity index (χ3v) is 8.39. The van der Waals surface area contributed by atoms with Crippen LogP contribution in [0.1, 0.15) is 11.1 Å². The monoisotopic (exact) mass is 672 g/mol. The third kappa shape index (κ3) is 6.52. The van der Waals surface area contributed by atoms with Crippen LogP contribution in [0.15, 0.2) is 158 Å². The number of halogens is 6. The van der Waals surface area contributed by atoms with Gasteiger partial charge in [-0.05, 0) is 70.8 Å². The summed E-state index contributed by atoms with van der Waals surface area (Å²) >= 11 is 0. The molecule has 2 heterocycles. The summed E-state index contributed by atoms with van der Waals surface area (Å²) in [5, 5.41) is 0. The van der Waals surface area contributed by atoms with E-state index in [1.807, 2.05) is 60.7 Å². The van der Waals surface area contributed by atoms with Crippen LogP contribution in [0.4, 0.5) is 26.3 Å². The molecule has 2 nitrogen and oxygen atoms in total. The second kappa shape index (κ2) is 13.1. The topological polar surface area (TPSA) is 25.8 Å². The molecule has 0 saturated heterocycles. The number of pyridine rings is 2. The minimum atomic E-state index is -4.72. The van der Waals surface area contributed by atoms with Crippen LogP contribution in [0.2, 0.25) is 0 Å². The fourth-order valence-corrected chi connectivity index (χ4v) is 6.11. The van der Waals surface area contributed by atoms with Crippen molar-refractivity contribution in [1.29, 1.82) is 0 Å². The van der Waals surface area contributed by atoms with E-state index >= 15 is 0 Å². The largest absolute Gasteiger partial charge is 0.417 e. The highest BCUT2D eigenvalue weighted by molar-refractivity contribution is 5.95. The van der Waals surface area contributed by atoms with Gasteiger partial charge in [-0.1, -0.05) is 109 Å². The van der Waals surface area contributed by atoms with Crippen molar-refractivity contribution in [1.82, 2.24) is 9.97 Å². The van der Waals surface area contributed by atoms with Crippen molar-refractivity contribution in [2.45, 2.75) is 12.4 Å². The molecule has 0 unspecified atom stereocenters. The number of nitrogens with zero attached hydrogens (tertiary/aromatic N) is 2. The molecule has 50 heavy (non-hydrogen) atoms. The summed E-state index contributed by atoms with van der Waals surface area (Å²) in [4.78, 5) is 9.67. The second-order valence-electron chi connectivity index (χ2n) is 11.6. The normalized spacial score (nSPS) is 11.8. The number of rotatable bonds is 6. The van der Waals surface area contributed by atoms with E-state index in [-0.39, 0.29) is 33.4 Å². The van der Waals surface area contributed by atoms with Crippen molar-refractivity contribution >= 4 is 0 Å². The van der Waals surface area contributed by atoms with Crippen molar-refractivity contribution in [3.8, 4) is 67.3 Å². The highest BCUT2D eigenvalue weighted by Gasteiger charge is 2.36. The van der Waals surface area contributed by atoms with Crippen molar-refractivity contribution < 1.29 is 26.3 Å². The fourth-order valence-electron chi connectivity index (χ4n) is 6.11. The summed E-state index contributed by atoms with van der Waals surface area (Å²) in [6.45, 7) is 0. The van der Waals surface area contributed by atoms with Crippen LogP contribution in [0, 0.1) is 0 Å². The summed E-state index contributed by atoms with van der Waals surface area (Å²) in [7, 11) is 0. The smallest absolute Gasteiger partial charge is 0.248 e. The lowest BCUT2D eigenvalue weighted by Crippen LogP contribution is -2.09. The van der Waals surface area contributed by atoms with Crippen LogP contribution in [-0.2, 0) is 12.4 Å². The molecule has 0 N–H and O–H groups in total. The molecule has 7 aromatic rings. The van der Waals surface area contributed by atoms with Gasteiger partial charge in [0.2, 0.25) is 0 Å². The molecule has 7 rings (SSSR count). The van der Waals surface area contributed by atoms with Crippen LogP contribution in [-0.4, -0.2) is 9.97 Å². The number of benzene rings is 5. The van der Waals surface area contributed by atoms with Gasteiger partial charge < -0.3 is 0 Å². The first-order valence-electron chi connectivity index (χ1n) is 15.6. The lowest BCUT2D eigenvalue weighted by Gasteiger charge is -2.22. The summed E-state index contributed by atoms with van der Waals surface area (Å²) in [6.07, 6.45) is -9.44. The van der Waals surface area contributed by atoms with Crippen molar-refractivity contribution in [3.63, 3.8) is 0 Å². The van der Waals surface area contributed by atoms with E-state index in [4.69, 9.17) is 9.97 Å². The van der Waals surface area contributed by atoms with E-state index in [0.717, 1.165) is 23.3 Å². The maximum atomic E-state index is 14.6. The fraction of sp³-hybridized carbons (Fsp3) is 0.0476. The van der Waals surface area contributed by atoms with Crippen LogP contribution < -0.4 is 0 Å². The Kier molecular flexibility index (Phi) is 8.53. The summed E-state index contributed by atoms with van der Waals surface area (Å²) in [5.74, 6) is 0. The molecule has 0 spiro atoms. The second-order valence-corrected chi connectivity index (χ2v) is 11.6. The van der Waals surface area contributed by atoms with Crippen LogP contribution in [0.5, 0.6) is 0 Å². The number of alkyl halides is 6. The summed E-state index contributed by atoms with van der Waals surface area (Å²) in [6, 6.07) is 42.1. The van der Waals surface area contributed by atoms with E-state index in [1.54, 1.807) is 36.4 Å². The molecule has 0 fully saturated rings. The van der Waals surface area contributed by atoms with E-state index in [1.165, 1.54) is 48.5 Å². The van der Waals surface area contributed by atoms with Gasteiger partial charge in [-0.2, -0.15) is 26.3 Å². The highest BCUT2D eigenvalue weighted by Crippen LogP contribution is 2.47. The Hall–Kier alpha value is -6.02. The first-order valence-corrected chi connectivity index (χ1v) is 15.6. The zero-order chi connectivity index (χ0) is 34.9. The minimum Gasteiger partial charge on any atom is -0.248 e. The minimum absolute atomic E-state index is 0.141. The molecular formula is C42H26F6N2. The average molecular weight is 673 g/mol. The van der Waals surface area contributed by atoms with Crippen LogP contribution >= 0.6 is 0 Å². The first-order chi connectivity index (χ1) is 24.1. The lowest BCUT2D eigenvalue weighted by atomic mass is 9.85. The Bertz CT molecular complexity index is 2130. The molecule has 8 heteroatoms. The van der Waals surface area contributed by atoms with Gasteiger partial charge in [-0.25, -0.2) is 9.97 Å². The standard InChI is InChI=1S/C42H26F6N2/c43-41(44,45)35-19-9-7-17-29(35)31-26-34(40-24-12-22-38(50-40)28-15-5-2-6-16-28)32(30-18-8-10-20-36(30)42(46,47)48)25-33(31)39-23-11-21-37(49-39)27-13-3-1-4-14-27/h1-26H. The quantitative estimate of drug-likeness (QED) is 0.164. The van der Waals surface area contributed by atoms with Gasteiger partial charge in [-0.3, -0.25) is 0 Å². The number of aromatic nitrogens is 2. The SMILES string of the molecule is FC(F)(F)c1ccccc1-c1cc(-c2cccc(-c3ccccc3)n2)c(-c2ccccc2C(F)(F)F)cc1-c1cccc(-c2ccccc2)n1. The predicted octanol–water partition coefficient (Wildman–Crippen LogP) is 12.5. The van der Waals surface area contributed by atoms with Crippen LogP contribution in [0.3, 0.4) is 0 Å². The Morgan fingerprint density at radius 3 is 1.02 bits per heavy atom. The van der Waals surface area contributed by atoms with Gasteiger partial charge in [0, 0.05) is 22.3 Å². The molecule has 0 aliphatic heterocycles. The number of hydrogen-bond donors (Lipinski definition) is 0. The zero-order valence-electron chi connectivity index (χ0n) is 26.2. The molecule has 0 amide bonds. The van der Waals surface area contributed by atoms with E-state index in [0.29, 0.717) is 22.8 Å². The van der Waals surface area contributed by atoms with Gasteiger partial charge in [-0.15, -0.1) is 0 Å². The average Bonchev–Trinajstić information content (AvgIpc) is 3.14. The molecule has 0 radical (unpaired) electrons. The first kappa shape index (κ1) is 32.5. The van der Waals surface area contributed by atoms with Gasteiger partial charge in [0.25, 0.3) is 0 Å². The lowest BCUT2D eigenvalue weighted by molar-refractivity contribution is -0.137. The van der Waals surface area contributed by atoms with Gasteiger partial charge in [0.05, 0.1) is 33.9 Å². The zero-order valence-corrected chi connectivity index (χ0v) is 26.2. The Balaban J connectivity index is 1.59. The molecular weight excluding hydrogens is 646 g/mol. The maximum Gasteiger partial charge on any atom is 0.417 e. The Morgan fingerprint density at radius 1 is 0.300 bits per heavy atom. The summed E-state index contributed by atoms with van der Waals surface area (Å²) < 4.78 is 87.6. The molecule has 246 valence electrons. The molecule has 0 aliphatic rings. The maximum absolute atomic E-state index is 14.6. The highest BCUT2D eigenvalue weighted by atomic mass is 19.4. The van der Waals surface area contributed by atoms with Gasteiger partial charge >= 0.3 is 12.4 Å². The van der Waals surface area contributed by atoms with E-state index < -0.39 is 23.5 Å². The predicted molar refractivity (Wildman–Crippen MR) is 185 cm³/mol. The van der Waals surface area contributed by atoms with Crippen LogP contribution in [0.25, 0.3) is 67.3 Å². The summed E-state index contributed by atoms with van der Waals surface area (Å²) in [5.41, 5.74) is 1.93. The van der Waals surface area contributed by atoms with E-state index in [2.05, 4.69) is 0 Å². The van der Waals surface area contributed by atoms with Gasteiger partial charge in [0.1, 0.15) is 0 Å². The molecule has 0 atom stereocenters. The third-order valence-electron chi connectivity index (χ3n) is 8.39. The molecule has 0 aliphatic carbocycles. The molecule has 2 aromatic heterocycles. The van der Waals surface area contributed by atoms with Crippen molar-refractivity contribution in [2.75, 3.05) is 0 Å². The Labute approximate surface area is 284 Å². The molecule has 0 saturated carbocycles. The van der Waals surface area contributed by atoms with Crippen molar-refractivity contribution in [2.24, 2.45) is 0 Å². The molecule has 0 bridgehead atoms. The molecule has 5 aromatic carbocycles. The number of hydrogen-bond acceptors (Lipinski definition) is 2. The Morgan fingerprint density at radius 2 is 0.640 bits per heavy atom. The van der Waals surface area contributed by atoms with Gasteiger partial charge in [0.15, 0.2) is 0 Å². The van der Waals surface area contributed by atoms with E-state index in [9.17, 15) is 26.3 Å².